The molecule has 0 aromatic carbocycles. The minimum absolute atomic E-state index is 0.470. The lowest BCUT2D eigenvalue weighted by atomic mass is 9.67. The maximum atomic E-state index is 2.41. The highest BCUT2D eigenvalue weighted by molar-refractivity contribution is 5.23. The first-order chi connectivity index (χ1) is 5.99. The fourth-order valence-corrected chi connectivity index (χ4v) is 2.98. The maximum absolute atomic E-state index is 2.41. The normalized spacial score (nSPS) is 31.6. The number of allylic oxidation sites excluding steroid dienone is 2. The van der Waals surface area contributed by atoms with Crippen molar-refractivity contribution in [3.8, 4) is 0 Å². The van der Waals surface area contributed by atoms with Gasteiger partial charge in [0, 0.05) is 0 Å². The Morgan fingerprint density at radius 1 is 1.46 bits per heavy atom. The van der Waals surface area contributed by atoms with Crippen LogP contribution in [-0.2, 0) is 0 Å². The first-order valence-corrected chi connectivity index (χ1v) is 5.69. The first-order valence-electron chi connectivity index (χ1n) is 5.69. The zero-order chi connectivity index (χ0) is 10.1. The Kier molecular flexibility index (Phi) is 3.21. The average molecular weight is 180 g/mol. The summed E-state index contributed by atoms with van der Waals surface area (Å²) in [5.41, 5.74) is 3.86. The van der Waals surface area contributed by atoms with Crippen LogP contribution in [0.5, 0.6) is 0 Å². The summed E-state index contributed by atoms with van der Waals surface area (Å²) in [6.07, 6.45) is 5.41. The molecule has 0 amide bonds. The van der Waals surface area contributed by atoms with Crippen LogP contribution in [0.2, 0.25) is 0 Å². The van der Waals surface area contributed by atoms with Crippen molar-refractivity contribution < 1.29 is 0 Å². The van der Waals surface area contributed by atoms with E-state index in [-0.39, 0.29) is 0 Å². The molecule has 0 aromatic heterocycles. The van der Waals surface area contributed by atoms with Gasteiger partial charge in [0.05, 0.1) is 0 Å². The van der Waals surface area contributed by atoms with Gasteiger partial charge in [-0.15, -0.1) is 0 Å². The van der Waals surface area contributed by atoms with Crippen LogP contribution in [0.25, 0.3) is 0 Å². The van der Waals surface area contributed by atoms with E-state index in [0.717, 1.165) is 5.92 Å². The summed E-state index contributed by atoms with van der Waals surface area (Å²) in [6.45, 7) is 11.8. The lowest BCUT2D eigenvalue weighted by Crippen LogP contribution is -2.26. The largest absolute Gasteiger partial charge is 0.0736 e. The fourth-order valence-electron chi connectivity index (χ4n) is 2.98. The SMILES string of the molecule is CC/C(C)=C1\C(C)CCCC1(C)C. The van der Waals surface area contributed by atoms with Gasteiger partial charge in [-0.1, -0.05) is 45.3 Å². The third-order valence-corrected chi connectivity index (χ3v) is 3.65. The summed E-state index contributed by atoms with van der Waals surface area (Å²) in [6, 6.07) is 0. The highest BCUT2D eigenvalue weighted by Gasteiger charge is 2.31. The number of hydrogen-bond donors (Lipinski definition) is 0. The van der Waals surface area contributed by atoms with E-state index in [2.05, 4.69) is 34.6 Å². The van der Waals surface area contributed by atoms with Crippen LogP contribution >= 0.6 is 0 Å². The summed E-state index contributed by atoms with van der Waals surface area (Å²) >= 11 is 0. The molecule has 0 heterocycles. The van der Waals surface area contributed by atoms with E-state index < -0.39 is 0 Å². The molecule has 0 saturated heterocycles. The standard InChI is InChI=1S/C13H24/c1-6-10(2)12-11(3)8-7-9-13(12,4)5/h11H,6-9H2,1-5H3/b12-10+. The van der Waals surface area contributed by atoms with Gasteiger partial charge in [0.15, 0.2) is 0 Å². The van der Waals surface area contributed by atoms with Gasteiger partial charge in [-0.3, -0.25) is 0 Å². The van der Waals surface area contributed by atoms with Crippen molar-refractivity contribution in [2.75, 3.05) is 0 Å². The van der Waals surface area contributed by atoms with Gasteiger partial charge in [0.1, 0.15) is 0 Å². The predicted octanol–water partition coefficient (Wildman–Crippen LogP) is 4.56. The van der Waals surface area contributed by atoms with Crippen LogP contribution in [0.1, 0.15) is 60.3 Å². The Labute approximate surface area is 83.4 Å². The molecule has 0 nitrogen and oxygen atoms in total. The van der Waals surface area contributed by atoms with Crippen molar-refractivity contribution in [2.45, 2.75) is 60.3 Å². The Balaban J connectivity index is 3.00. The van der Waals surface area contributed by atoms with Crippen LogP contribution in [0.15, 0.2) is 11.1 Å². The molecule has 0 radical (unpaired) electrons. The van der Waals surface area contributed by atoms with Gasteiger partial charge >= 0.3 is 0 Å². The molecule has 0 spiro atoms. The summed E-state index contributed by atoms with van der Waals surface area (Å²) in [7, 11) is 0. The van der Waals surface area contributed by atoms with Crippen LogP contribution in [0.3, 0.4) is 0 Å². The number of rotatable bonds is 1. The van der Waals surface area contributed by atoms with Gasteiger partial charge < -0.3 is 0 Å². The lowest BCUT2D eigenvalue weighted by molar-refractivity contribution is 0.285. The van der Waals surface area contributed by atoms with Gasteiger partial charge in [-0.25, -0.2) is 0 Å². The molecule has 1 unspecified atom stereocenters. The molecule has 0 heteroatoms. The third kappa shape index (κ3) is 2.15. The molecule has 1 saturated carbocycles. The average Bonchev–Trinajstić information content (AvgIpc) is 2.02. The molecule has 1 atom stereocenters. The highest BCUT2D eigenvalue weighted by atomic mass is 14.4. The highest BCUT2D eigenvalue weighted by Crippen LogP contribution is 2.45. The zero-order valence-corrected chi connectivity index (χ0v) is 9.91. The van der Waals surface area contributed by atoms with E-state index >= 15 is 0 Å². The molecule has 13 heavy (non-hydrogen) atoms. The van der Waals surface area contributed by atoms with Crippen LogP contribution in [0, 0.1) is 11.3 Å². The first kappa shape index (κ1) is 10.8. The Morgan fingerprint density at radius 3 is 2.54 bits per heavy atom. The molecule has 0 aromatic rings. The Bertz CT molecular complexity index is 208. The second kappa shape index (κ2) is 3.86. The van der Waals surface area contributed by atoms with Crippen LogP contribution in [0.4, 0.5) is 0 Å². The van der Waals surface area contributed by atoms with Crippen molar-refractivity contribution >= 4 is 0 Å². The van der Waals surface area contributed by atoms with E-state index in [1.165, 1.54) is 25.7 Å². The van der Waals surface area contributed by atoms with E-state index in [0.29, 0.717) is 5.41 Å². The maximum Gasteiger partial charge on any atom is -0.0139 e. The molecule has 1 aliphatic rings. The van der Waals surface area contributed by atoms with Gasteiger partial charge in [-0.2, -0.15) is 0 Å². The van der Waals surface area contributed by atoms with Crippen molar-refractivity contribution in [1.29, 1.82) is 0 Å². The quantitative estimate of drug-likeness (QED) is 0.519. The predicted molar refractivity (Wildman–Crippen MR) is 59.8 cm³/mol. The van der Waals surface area contributed by atoms with Crippen LogP contribution in [-0.4, -0.2) is 0 Å². The van der Waals surface area contributed by atoms with Gasteiger partial charge in [0.2, 0.25) is 0 Å². The molecule has 0 bridgehead atoms. The zero-order valence-electron chi connectivity index (χ0n) is 9.91. The van der Waals surface area contributed by atoms with Crippen molar-refractivity contribution in [1.82, 2.24) is 0 Å². The molecule has 1 fully saturated rings. The lowest BCUT2D eigenvalue weighted by Gasteiger charge is -2.39. The third-order valence-electron chi connectivity index (χ3n) is 3.65. The van der Waals surface area contributed by atoms with Crippen molar-refractivity contribution in [3.63, 3.8) is 0 Å². The molecule has 76 valence electrons. The minimum atomic E-state index is 0.470. The molecule has 1 aliphatic carbocycles. The van der Waals surface area contributed by atoms with Crippen molar-refractivity contribution in [2.24, 2.45) is 11.3 Å². The fraction of sp³-hybridized carbons (Fsp3) is 0.846. The Hall–Kier alpha value is -0.260. The van der Waals surface area contributed by atoms with Gasteiger partial charge in [-0.05, 0) is 37.5 Å². The van der Waals surface area contributed by atoms with Crippen molar-refractivity contribution in [3.05, 3.63) is 11.1 Å². The molecular formula is C13H24. The molecule has 0 aliphatic heterocycles. The van der Waals surface area contributed by atoms with E-state index in [1.807, 2.05) is 0 Å². The summed E-state index contributed by atoms with van der Waals surface area (Å²) in [5.74, 6) is 0.823. The summed E-state index contributed by atoms with van der Waals surface area (Å²) in [5, 5.41) is 0. The molecule has 1 rings (SSSR count). The van der Waals surface area contributed by atoms with Gasteiger partial charge in [0.25, 0.3) is 0 Å². The summed E-state index contributed by atoms with van der Waals surface area (Å²) < 4.78 is 0. The smallest absolute Gasteiger partial charge is 0.0139 e. The topological polar surface area (TPSA) is 0 Å². The number of hydrogen-bond acceptors (Lipinski definition) is 0. The van der Waals surface area contributed by atoms with E-state index in [1.54, 1.807) is 11.1 Å². The summed E-state index contributed by atoms with van der Waals surface area (Å²) in [4.78, 5) is 0. The van der Waals surface area contributed by atoms with E-state index in [9.17, 15) is 0 Å². The minimum Gasteiger partial charge on any atom is -0.0736 e. The Morgan fingerprint density at radius 2 is 2.08 bits per heavy atom. The van der Waals surface area contributed by atoms with Crippen LogP contribution < -0.4 is 0 Å². The second-order valence-electron chi connectivity index (χ2n) is 5.22. The molecular weight excluding hydrogens is 156 g/mol. The monoisotopic (exact) mass is 180 g/mol. The van der Waals surface area contributed by atoms with E-state index in [4.69, 9.17) is 0 Å². The second-order valence-corrected chi connectivity index (χ2v) is 5.22. The molecule has 0 N–H and O–H groups in total.